The summed E-state index contributed by atoms with van der Waals surface area (Å²) in [7, 11) is 1.31. The number of primary amides is 2. The van der Waals surface area contributed by atoms with Gasteiger partial charge in [-0.2, -0.15) is 0 Å². The van der Waals surface area contributed by atoms with Crippen molar-refractivity contribution in [1.29, 1.82) is 0 Å². The van der Waals surface area contributed by atoms with E-state index >= 15 is 0 Å². The Kier molecular flexibility index (Phi) is 18.3. The highest BCUT2D eigenvalue weighted by molar-refractivity contribution is 5.99. The number of hydrogen-bond donors (Lipinski definition) is 7. The molecule has 0 radical (unpaired) electrons. The number of fused-ring (bicyclic) bond motifs is 1. The van der Waals surface area contributed by atoms with Gasteiger partial charge in [-0.15, -0.1) is 0 Å². The molecule has 62 heavy (non-hydrogen) atoms. The molecule has 7 amide bonds. The fourth-order valence-electron chi connectivity index (χ4n) is 6.89. The Hall–Kier alpha value is -6.47. The van der Waals surface area contributed by atoms with E-state index in [2.05, 4.69) is 26.3 Å². The Morgan fingerprint density at radius 2 is 1.52 bits per heavy atom. The predicted molar refractivity (Wildman–Crippen MR) is 226 cm³/mol. The number of nitrogens with zero attached hydrogens (tertiary/aromatic N) is 2. The average Bonchev–Trinajstić information content (AvgIpc) is 3.24. The third kappa shape index (κ3) is 14.6. The summed E-state index contributed by atoms with van der Waals surface area (Å²) in [4.78, 5) is 111. The van der Waals surface area contributed by atoms with Crippen LogP contribution in [0, 0.1) is 0 Å². The largest absolute Gasteiger partial charge is 0.466 e. The van der Waals surface area contributed by atoms with Gasteiger partial charge in [0.2, 0.25) is 41.4 Å². The molecule has 10 N–H and O–H groups in total. The fourth-order valence-corrected chi connectivity index (χ4v) is 6.89. The van der Waals surface area contributed by atoms with Crippen molar-refractivity contribution in [3.63, 3.8) is 0 Å². The molecule has 4 atom stereocenters. The van der Waals surface area contributed by atoms with Crippen molar-refractivity contribution in [2.75, 3.05) is 33.4 Å². The topological polar surface area (TPSA) is 297 Å². The highest BCUT2D eigenvalue weighted by Gasteiger charge is 2.44. The highest BCUT2D eigenvalue weighted by atomic mass is 16.5. The Morgan fingerprint density at radius 1 is 0.823 bits per heavy atom. The summed E-state index contributed by atoms with van der Waals surface area (Å²) in [5.41, 5.74) is 16.9. The molecule has 1 fully saturated rings. The van der Waals surface area contributed by atoms with Crippen LogP contribution in [-0.2, 0) is 60.7 Å². The molecule has 334 valence electrons. The SMILES string of the molecule is CCCCOC(=O)CC[C@H](NC(=O)C1(NC(=O)[C@@H](N)Cc2ccc3ccccc3c2)CCOCC1)C(=O)N[C@@H](CC(N)=O)C(=O)N[C@@H](Cc1cccnc1)C(=O)N(C)CC(N)=O. The molecule has 3 aromatic rings. The Labute approximate surface area is 359 Å². The number of amides is 7. The molecule has 1 aliphatic heterocycles. The van der Waals surface area contributed by atoms with Crippen molar-refractivity contribution in [3.8, 4) is 0 Å². The minimum atomic E-state index is -1.67. The van der Waals surface area contributed by atoms with Gasteiger partial charge in [0.15, 0.2) is 0 Å². The van der Waals surface area contributed by atoms with Gasteiger partial charge in [-0.1, -0.05) is 61.9 Å². The van der Waals surface area contributed by atoms with E-state index in [1.165, 1.54) is 19.4 Å². The zero-order chi connectivity index (χ0) is 45.2. The predicted octanol–water partition coefficient (Wildman–Crippen LogP) is -0.590. The third-order valence-corrected chi connectivity index (χ3v) is 10.4. The quantitative estimate of drug-likeness (QED) is 0.0465. The number of unbranched alkanes of at least 4 members (excludes halogenated alkanes) is 1. The maximum atomic E-state index is 14.3. The number of carbonyl (C=O) groups excluding carboxylic acids is 8. The normalized spacial score (nSPS) is 15.1. The van der Waals surface area contributed by atoms with E-state index < -0.39 is 90.0 Å². The van der Waals surface area contributed by atoms with Crippen LogP contribution in [-0.4, -0.2) is 120 Å². The molecule has 1 saturated heterocycles. The first kappa shape index (κ1) is 48.2. The van der Waals surface area contributed by atoms with Crippen molar-refractivity contribution in [2.45, 2.75) is 94.4 Å². The van der Waals surface area contributed by atoms with Crippen LogP contribution >= 0.6 is 0 Å². The Morgan fingerprint density at radius 3 is 2.18 bits per heavy atom. The number of rotatable bonds is 23. The van der Waals surface area contributed by atoms with Gasteiger partial charge in [0, 0.05) is 58.3 Å². The summed E-state index contributed by atoms with van der Waals surface area (Å²) in [5.74, 6) is -6.53. The minimum Gasteiger partial charge on any atom is -0.466 e. The van der Waals surface area contributed by atoms with Gasteiger partial charge in [-0.3, -0.25) is 43.3 Å². The second-order valence-electron chi connectivity index (χ2n) is 15.3. The van der Waals surface area contributed by atoms with Gasteiger partial charge in [-0.25, -0.2) is 0 Å². The van der Waals surface area contributed by atoms with E-state index in [1.807, 2.05) is 49.4 Å². The van der Waals surface area contributed by atoms with Crippen LogP contribution < -0.4 is 38.5 Å². The number of hydrogen-bond acceptors (Lipinski definition) is 12. The van der Waals surface area contributed by atoms with E-state index in [1.54, 1.807) is 12.1 Å². The fraction of sp³-hybridized carbons (Fsp3) is 0.465. The zero-order valence-electron chi connectivity index (χ0n) is 35.1. The number of likely N-dealkylation sites (N-methyl/N-ethyl adjacent to an activating group) is 1. The summed E-state index contributed by atoms with van der Waals surface area (Å²) in [6.07, 6.45) is 3.08. The first-order valence-corrected chi connectivity index (χ1v) is 20.5. The Bertz CT molecular complexity index is 2060. The van der Waals surface area contributed by atoms with Gasteiger partial charge >= 0.3 is 5.97 Å². The van der Waals surface area contributed by atoms with Gasteiger partial charge in [-0.05, 0) is 47.2 Å². The molecular weight excluding hydrogens is 803 g/mol. The lowest BCUT2D eigenvalue weighted by atomic mass is 9.87. The van der Waals surface area contributed by atoms with Crippen LogP contribution in [0.4, 0.5) is 0 Å². The summed E-state index contributed by atoms with van der Waals surface area (Å²) < 4.78 is 10.8. The van der Waals surface area contributed by atoms with Gasteiger partial charge < -0.3 is 52.8 Å². The minimum absolute atomic E-state index is 0.0178. The van der Waals surface area contributed by atoms with Crippen molar-refractivity contribution in [1.82, 2.24) is 31.2 Å². The molecule has 0 saturated carbocycles. The molecule has 0 unspecified atom stereocenters. The molecule has 0 aliphatic carbocycles. The maximum Gasteiger partial charge on any atom is 0.305 e. The van der Waals surface area contributed by atoms with E-state index in [0.29, 0.717) is 12.0 Å². The van der Waals surface area contributed by atoms with Crippen molar-refractivity contribution in [3.05, 3.63) is 78.1 Å². The summed E-state index contributed by atoms with van der Waals surface area (Å²) in [5, 5.41) is 12.5. The number of pyridine rings is 1. The first-order chi connectivity index (χ1) is 29.6. The third-order valence-electron chi connectivity index (χ3n) is 10.4. The van der Waals surface area contributed by atoms with Crippen LogP contribution in [0.1, 0.15) is 63.0 Å². The number of esters is 1. The molecule has 0 spiro atoms. The van der Waals surface area contributed by atoms with E-state index in [-0.39, 0.29) is 58.3 Å². The van der Waals surface area contributed by atoms with E-state index in [9.17, 15) is 38.4 Å². The van der Waals surface area contributed by atoms with Gasteiger partial charge in [0.25, 0.3) is 0 Å². The number of ether oxygens (including phenoxy) is 2. The average molecular weight is 860 g/mol. The summed E-state index contributed by atoms with van der Waals surface area (Å²) >= 11 is 0. The van der Waals surface area contributed by atoms with Gasteiger partial charge in [0.05, 0.1) is 25.6 Å². The lowest BCUT2D eigenvalue weighted by molar-refractivity contribution is -0.145. The van der Waals surface area contributed by atoms with Crippen molar-refractivity contribution in [2.24, 2.45) is 17.2 Å². The van der Waals surface area contributed by atoms with Crippen LogP contribution in [0.15, 0.2) is 67.0 Å². The monoisotopic (exact) mass is 859 g/mol. The molecule has 0 bridgehead atoms. The number of nitrogens with one attached hydrogen (secondary N) is 4. The summed E-state index contributed by atoms with van der Waals surface area (Å²) in [6.45, 7) is 1.76. The lowest BCUT2D eigenvalue weighted by Crippen LogP contribution is -2.66. The van der Waals surface area contributed by atoms with Crippen LogP contribution in [0.3, 0.4) is 0 Å². The van der Waals surface area contributed by atoms with Crippen molar-refractivity contribution < 1.29 is 47.8 Å². The number of aromatic nitrogens is 1. The zero-order valence-corrected chi connectivity index (χ0v) is 35.1. The molecule has 1 aromatic heterocycles. The van der Waals surface area contributed by atoms with Gasteiger partial charge in [0.1, 0.15) is 23.7 Å². The number of benzene rings is 2. The van der Waals surface area contributed by atoms with E-state index in [4.69, 9.17) is 26.7 Å². The van der Waals surface area contributed by atoms with Crippen LogP contribution in [0.25, 0.3) is 10.8 Å². The highest BCUT2D eigenvalue weighted by Crippen LogP contribution is 2.23. The molecule has 1 aliphatic rings. The van der Waals surface area contributed by atoms with E-state index in [0.717, 1.165) is 27.7 Å². The molecule has 19 nitrogen and oxygen atoms in total. The van der Waals surface area contributed by atoms with Crippen LogP contribution in [0.2, 0.25) is 0 Å². The molecule has 2 aromatic carbocycles. The molecule has 19 heteroatoms. The maximum absolute atomic E-state index is 14.3. The van der Waals surface area contributed by atoms with Crippen molar-refractivity contribution >= 4 is 58.1 Å². The smallest absolute Gasteiger partial charge is 0.305 e. The lowest BCUT2D eigenvalue weighted by Gasteiger charge is -2.38. The summed E-state index contributed by atoms with van der Waals surface area (Å²) in [6, 6.07) is 11.2. The first-order valence-electron chi connectivity index (χ1n) is 20.5. The number of carbonyl (C=O) groups is 8. The second kappa shape index (κ2) is 23.5. The number of nitrogens with two attached hydrogens (primary N) is 3. The van der Waals surface area contributed by atoms with Crippen LogP contribution in [0.5, 0.6) is 0 Å². The molecule has 2 heterocycles. The Balaban J connectivity index is 1.56. The molecular formula is C43H57N9O10. The molecule has 4 rings (SSSR count). The standard InChI is InChI=1S/C43H57N9O10/c1-3-4-18-62-37(55)14-13-32(39(57)48-33(24-35(45)53)40(58)49-34(23-28-8-7-17-47-25-28)41(59)52(2)26-36(46)54)50-42(60)43(15-19-61-20-16-43)51-38(56)31(44)22-27-11-12-29-9-5-6-10-30(29)21-27/h5-12,17,21,25,31-34H,3-4,13-16,18-20,22-24,26,44H2,1-2H3,(H2,45,53)(H2,46,54)(H,48,57)(H,49,58)(H,50,60)(H,51,56)/t31-,32-,33-,34-/m0/s1. The second-order valence-corrected chi connectivity index (χ2v) is 15.3.